The molecule has 0 saturated carbocycles. The third-order valence-electron chi connectivity index (χ3n) is 5.24. The van der Waals surface area contributed by atoms with Crippen molar-refractivity contribution >= 4 is 57.1 Å². The molecule has 1 aliphatic heterocycles. The molecule has 30 heavy (non-hydrogen) atoms. The van der Waals surface area contributed by atoms with Gasteiger partial charge < -0.3 is 9.88 Å². The quantitative estimate of drug-likeness (QED) is 0.383. The molecule has 4 aromatic rings. The molecule has 0 aliphatic carbocycles. The van der Waals surface area contributed by atoms with E-state index in [0.717, 1.165) is 38.8 Å². The highest BCUT2D eigenvalue weighted by Gasteiger charge is 2.22. The Morgan fingerprint density at radius 2 is 2.10 bits per heavy atom. The van der Waals surface area contributed by atoms with Crippen LogP contribution in [-0.2, 0) is 17.9 Å². The van der Waals surface area contributed by atoms with Crippen LogP contribution in [0, 0.1) is 0 Å². The summed E-state index contributed by atoms with van der Waals surface area (Å²) in [6.07, 6.45) is 2.94. The van der Waals surface area contributed by atoms with Gasteiger partial charge in [0.25, 0.3) is 5.56 Å². The van der Waals surface area contributed by atoms with Crippen molar-refractivity contribution < 1.29 is 4.79 Å². The lowest BCUT2D eigenvalue weighted by Crippen LogP contribution is -2.28. The van der Waals surface area contributed by atoms with E-state index in [1.165, 1.54) is 0 Å². The normalized spacial score (nSPS) is 13.5. The fourth-order valence-corrected chi connectivity index (χ4v) is 5.29. The number of benzene rings is 2. The highest BCUT2D eigenvalue weighted by atomic mass is 32.2. The van der Waals surface area contributed by atoms with Gasteiger partial charge in [-0.3, -0.25) is 14.2 Å². The van der Waals surface area contributed by atoms with Gasteiger partial charge in [0.15, 0.2) is 5.16 Å². The zero-order chi connectivity index (χ0) is 20.7. The maximum atomic E-state index is 13.3. The monoisotopic (exact) mass is 436 g/mol. The first-order valence-electron chi connectivity index (χ1n) is 9.74. The van der Waals surface area contributed by atoms with Crippen molar-refractivity contribution in [3.05, 3.63) is 58.9 Å². The summed E-state index contributed by atoms with van der Waals surface area (Å²) in [4.78, 5) is 32.1. The summed E-state index contributed by atoms with van der Waals surface area (Å²) in [5.41, 5.74) is 2.69. The molecule has 0 bridgehead atoms. The summed E-state index contributed by atoms with van der Waals surface area (Å²) in [5.74, 6) is 0.793. The number of fused-ring (bicyclic) bond motifs is 4. The Morgan fingerprint density at radius 3 is 2.97 bits per heavy atom. The van der Waals surface area contributed by atoms with E-state index < -0.39 is 0 Å². The van der Waals surface area contributed by atoms with E-state index in [4.69, 9.17) is 4.98 Å². The number of aromatic nitrogens is 3. The van der Waals surface area contributed by atoms with E-state index in [1.54, 1.807) is 32.7 Å². The maximum Gasteiger partial charge on any atom is 0.278 e. The standard InChI is InChI=1S/C22H20N4O2S2/c1-29-15-7-4-6-14(12-15)23-18(27)13-26-17-9-3-2-8-16(17)19-20(26)21(28)25-10-5-11-30-22(25)24-19/h2-4,6-9,12H,5,10-11,13H2,1H3,(H,23,27). The van der Waals surface area contributed by atoms with Gasteiger partial charge in [-0.2, -0.15) is 0 Å². The average Bonchev–Trinajstić information content (AvgIpc) is 3.08. The Balaban J connectivity index is 1.60. The van der Waals surface area contributed by atoms with Crippen molar-refractivity contribution in [3.63, 3.8) is 0 Å². The third kappa shape index (κ3) is 3.30. The molecule has 0 saturated heterocycles. The van der Waals surface area contributed by atoms with Gasteiger partial charge in [0, 0.05) is 28.3 Å². The molecule has 6 nitrogen and oxygen atoms in total. The largest absolute Gasteiger partial charge is 0.325 e. The minimum absolute atomic E-state index is 0.0525. The Hall–Kier alpha value is -2.71. The topological polar surface area (TPSA) is 68.9 Å². The summed E-state index contributed by atoms with van der Waals surface area (Å²) >= 11 is 3.24. The van der Waals surface area contributed by atoms with E-state index in [9.17, 15) is 9.59 Å². The minimum atomic E-state index is -0.174. The number of rotatable bonds is 4. The summed E-state index contributed by atoms with van der Waals surface area (Å²) in [6, 6.07) is 15.5. The summed E-state index contributed by atoms with van der Waals surface area (Å²) in [7, 11) is 0. The highest BCUT2D eigenvalue weighted by molar-refractivity contribution is 7.99. The number of hydrogen-bond acceptors (Lipinski definition) is 5. The van der Waals surface area contributed by atoms with Crippen molar-refractivity contribution in [3.8, 4) is 0 Å². The molecular weight excluding hydrogens is 416 g/mol. The van der Waals surface area contributed by atoms with E-state index in [1.807, 2.05) is 54.8 Å². The van der Waals surface area contributed by atoms with Crippen LogP contribution in [0.3, 0.4) is 0 Å². The summed E-state index contributed by atoms with van der Waals surface area (Å²) in [5, 5.41) is 4.62. The van der Waals surface area contributed by atoms with Gasteiger partial charge in [0.2, 0.25) is 5.91 Å². The van der Waals surface area contributed by atoms with Crippen molar-refractivity contribution in [2.45, 2.75) is 29.6 Å². The van der Waals surface area contributed by atoms with Crippen LogP contribution in [-0.4, -0.2) is 32.0 Å². The third-order valence-corrected chi connectivity index (χ3v) is 7.03. The molecular formula is C22H20N4O2S2. The lowest BCUT2D eigenvalue weighted by atomic mass is 10.2. The molecule has 0 unspecified atom stereocenters. The van der Waals surface area contributed by atoms with Gasteiger partial charge in [-0.1, -0.05) is 36.0 Å². The Bertz CT molecular complexity index is 1340. The van der Waals surface area contributed by atoms with Crippen molar-refractivity contribution in [2.75, 3.05) is 17.3 Å². The average molecular weight is 437 g/mol. The van der Waals surface area contributed by atoms with E-state index in [2.05, 4.69) is 5.32 Å². The molecule has 1 amide bonds. The number of anilines is 1. The molecule has 2 aromatic heterocycles. The number of hydrogen-bond donors (Lipinski definition) is 1. The van der Waals surface area contributed by atoms with Crippen LogP contribution < -0.4 is 10.9 Å². The first-order chi connectivity index (χ1) is 14.7. The molecule has 5 rings (SSSR count). The van der Waals surface area contributed by atoms with Crippen LogP contribution in [0.2, 0.25) is 0 Å². The molecule has 0 fully saturated rings. The predicted molar refractivity (Wildman–Crippen MR) is 124 cm³/mol. The molecule has 2 aromatic carbocycles. The van der Waals surface area contributed by atoms with E-state index >= 15 is 0 Å². The molecule has 1 N–H and O–H groups in total. The van der Waals surface area contributed by atoms with Crippen molar-refractivity contribution in [1.82, 2.24) is 14.1 Å². The number of para-hydroxylation sites is 1. The van der Waals surface area contributed by atoms with Crippen LogP contribution in [0.5, 0.6) is 0 Å². The van der Waals surface area contributed by atoms with E-state index in [0.29, 0.717) is 17.6 Å². The molecule has 152 valence electrons. The number of nitrogens with zero attached hydrogens (tertiary/aromatic N) is 3. The molecule has 1 aliphatic rings. The van der Waals surface area contributed by atoms with Crippen LogP contribution in [0.4, 0.5) is 5.69 Å². The fraction of sp³-hybridized carbons (Fsp3) is 0.227. The number of amides is 1. The highest BCUT2D eigenvalue weighted by Crippen LogP contribution is 2.29. The second-order valence-corrected chi connectivity index (χ2v) is 9.08. The van der Waals surface area contributed by atoms with Gasteiger partial charge >= 0.3 is 0 Å². The smallest absolute Gasteiger partial charge is 0.278 e. The first kappa shape index (κ1) is 19.3. The zero-order valence-electron chi connectivity index (χ0n) is 16.4. The van der Waals surface area contributed by atoms with E-state index in [-0.39, 0.29) is 18.0 Å². The van der Waals surface area contributed by atoms with Gasteiger partial charge in [0.05, 0.1) is 5.52 Å². The predicted octanol–water partition coefficient (Wildman–Crippen LogP) is 4.21. The molecule has 0 atom stereocenters. The second kappa shape index (κ2) is 7.85. The Morgan fingerprint density at radius 1 is 1.23 bits per heavy atom. The Labute approximate surface area is 181 Å². The number of carbonyl (C=O) groups is 1. The second-order valence-electron chi connectivity index (χ2n) is 7.13. The van der Waals surface area contributed by atoms with Crippen LogP contribution in [0.1, 0.15) is 6.42 Å². The van der Waals surface area contributed by atoms with Gasteiger partial charge in [-0.05, 0) is 36.9 Å². The molecule has 3 heterocycles. The van der Waals surface area contributed by atoms with Gasteiger partial charge in [-0.25, -0.2) is 4.98 Å². The maximum absolute atomic E-state index is 13.3. The van der Waals surface area contributed by atoms with Crippen LogP contribution in [0.25, 0.3) is 21.9 Å². The zero-order valence-corrected chi connectivity index (χ0v) is 18.1. The lowest BCUT2D eigenvalue weighted by molar-refractivity contribution is -0.116. The number of nitrogens with one attached hydrogen (secondary N) is 1. The minimum Gasteiger partial charge on any atom is -0.325 e. The fourth-order valence-electron chi connectivity index (χ4n) is 3.89. The van der Waals surface area contributed by atoms with Crippen LogP contribution in [0.15, 0.2) is 63.4 Å². The number of thioether (sulfide) groups is 2. The van der Waals surface area contributed by atoms with Crippen molar-refractivity contribution in [2.24, 2.45) is 0 Å². The summed E-state index contributed by atoms with van der Waals surface area (Å²) < 4.78 is 3.55. The Kier molecular flexibility index (Phi) is 5.04. The summed E-state index contributed by atoms with van der Waals surface area (Å²) in [6.45, 7) is 0.718. The van der Waals surface area contributed by atoms with Crippen LogP contribution >= 0.6 is 23.5 Å². The molecule has 0 radical (unpaired) electrons. The first-order valence-corrected chi connectivity index (χ1v) is 12.0. The molecule has 0 spiro atoms. The SMILES string of the molecule is CSc1cccc(NC(=O)Cn2c3ccccc3c3nc4n(c(=O)c32)CCCS4)c1. The van der Waals surface area contributed by atoms with Gasteiger partial charge in [-0.15, -0.1) is 11.8 Å². The lowest BCUT2D eigenvalue weighted by Gasteiger charge is -2.17. The molecule has 8 heteroatoms. The van der Waals surface area contributed by atoms with Gasteiger partial charge in [0.1, 0.15) is 17.6 Å². The van der Waals surface area contributed by atoms with Crippen molar-refractivity contribution in [1.29, 1.82) is 0 Å². The number of carbonyl (C=O) groups excluding carboxylic acids is 1.